The summed E-state index contributed by atoms with van der Waals surface area (Å²) < 4.78 is 10.1. The van der Waals surface area contributed by atoms with E-state index in [0.717, 1.165) is 78.5 Å². The van der Waals surface area contributed by atoms with Gasteiger partial charge in [-0.15, -0.1) is 0 Å². The van der Waals surface area contributed by atoms with Crippen molar-refractivity contribution in [2.24, 2.45) is 4.99 Å². The van der Waals surface area contributed by atoms with Gasteiger partial charge in [-0.3, -0.25) is 9.36 Å². The second-order valence-electron chi connectivity index (χ2n) is 12.9. The molecule has 0 saturated heterocycles. The van der Waals surface area contributed by atoms with E-state index in [9.17, 15) is 15.0 Å². The van der Waals surface area contributed by atoms with Crippen LogP contribution in [0, 0.1) is 0 Å². The van der Waals surface area contributed by atoms with Crippen LogP contribution in [0.1, 0.15) is 94.6 Å². The van der Waals surface area contributed by atoms with E-state index in [0.29, 0.717) is 18.0 Å². The first-order valence-electron chi connectivity index (χ1n) is 16.4. The molecule has 2 aromatic heterocycles. The Morgan fingerprint density at radius 3 is 2.41 bits per heavy atom. The second kappa shape index (κ2) is 13.4. The van der Waals surface area contributed by atoms with E-state index in [4.69, 9.17) is 9.57 Å². The van der Waals surface area contributed by atoms with Gasteiger partial charge in [-0.1, -0.05) is 68.8 Å². The summed E-state index contributed by atoms with van der Waals surface area (Å²) in [5, 5.41) is 24.8. The Hall–Kier alpha value is -3.90. The van der Waals surface area contributed by atoms with Crippen LogP contribution >= 0.6 is 0 Å². The Kier molecular flexibility index (Phi) is 9.37. The molecule has 2 aromatic carbocycles. The maximum Gasteiger partial charge on any atom is 0.280 e. The van der Waals surface area contributed by atoms with Crippen LogP contribution in [0.25, 0.3) is 16.9 Å². The number of amidine groups is 1. The van der Waals surface area contributed by atoms with Gasteiger partial charge < -0.3 is 14.9 Å². The zero-order valence-corrected chi connectivity index (χ0v) is 27.0. The molecule has 0 amide bonds. The number of nitrogens with zero attached hydrogens (tertiary/aromatic N) is 5. The van der Waals surface area contributed by atoms with Gasteiger partial charge in [0.05, 0.1) is 23.5 Å². The van der Waals surface area contributed by atoms with E-state index in [1.165, 1.54) is 6.33 Å². The summed E-state index contributed by atoms with van der Waals surface area (Å²) in [6.07, 6.45) is 6.14. The molecule has 244 valence electrons. The number of ether oxygens (including phenoxy) is 1. The number of rotatable bonds is 11. The Morgan fingerprint density at radius 2 is 1.78 bits per heavy atom. The average Bonchev–Trinajstić information content (AvgIpc) is 3.71. The summed E-state index contributed by atoms with van der Waals surface area (Å²) in [7, 11) is 0. The maximum absolute atomic E-state index is 14.4. The molecule has 3 heterocycles. The molecule has 3 N–H and O–H groups in total. The predicted molar refractivity (Wildman–Crippen MR) is 175 cm³/mol. The predicted octanol–water partition coefficient (Wildman–Crippen LogP) is 4.71. The number of aliphatic hydroxyl groups is 2. The van der Waals surface area contributed by atoms with Crippen molar-refractivity contribution in [1.82, 2.24) is 24.6 Å². The number of hydroxylamine groups is 1. The fourth-order valence-electron chi connectivity index (χ4n) is 6.86. The minimum absolute atomic E-state index is 0.00505. The van der Waals surface area contributed by atoms with E-state index in [1.807, 2.05) is 52.4 Å². The molecule has 4 aromatic rings. The van der Waals surface area contributed by atoms with Crippen LogP contribution in [0.4, 0.5) is 0 Å². The number of aliphatic hydroxyl groups excluding tert-OH is 1. The summed E-state index contributed by atoms with van der Waals surface area (Å²) in [5.74, 6) is 1.06. The van der Waals surface area contributed by atoms with Gasteiger partial charge in [-0.05, 0) is 69.1 Å². The van der Waals surface area contributed by atoms with Gasteiger partial charge in [0.2, 0.25) is 5.78 Å². The first-order chi connectivity index (χ1) is 22.2. The summed E-state index contributed by atoms with van der Waals surface area (Å²) in [6.45, 7) is 7.73. The van der Waals surface area contributed by atoms with Gasteiger partial charge in [0.15, 0.2) is 5.84 Å². The highest BCUT2D eigenvalue weighted by Crippen LogP contribution is 2.33. The average molecular weight is 629 g/mol. The van der Waals surface area contributed by atoms with Crippen molar-refractivity contribution < 1.29 is 19.8 Å². The number of aromatic nitrogens is 4. The monoisotopic (exact) mass is 628 g/mol. The van der Waals surface area contributed by atoms with Crippen LogP contribution in [0.5, 0.6) is 0 Å². The fourth-order valence-corrected chi connectivity index (χ4v) is 6.86. The van der Waals surface area contributed by atoms with Gasteiger partial charge in [0.25, 0.3) is 12.0 Å². The lowest BCUT2D eigenvalue weighted by Crippen LogP contribution is -2.41. The van der Waals surface area contributed by atoms with Crippen molar-refractivity contribution in [1.29, 1.82) is 0 Å². The van der Waals surface area contributed by atoms with E-state index in [1.54, 1.807) is 13.8 Å². The number of hydrogen-bond donors (Lipinski definition) is 3. The fraction of sp³-hybridized carbons (Fsp3) is 0.486. The van der Waals surface area contributed by atoms with E-state index in [2.05, 4.69) is 39.6 Å². The standard InChI is InChI=1S/C35H44N6O5/c1-5-9-29-28(20-22-12-14-23(15-13-22)26-10-7-8-11-27(26)31-38-34(43)46-39-31)32(42)40(33-36-21-37-41(29)33)24-16-18-25(19-17-24)45-30(6-2)35(3,4)44/h7-8,10-15,21,24-25,30,34,43-44H,5-6,9,16-20H2,1-4H3,(H,38,39). The lowest BCUT2D eigenvalue weighted by Gasteiger charge is -2.36. The number of hydrogen-bond acceptors (Lipinski definition) is 9. The van der Waals surface area contributed by atoms with Gasteiger partial charge in [-0.2, -0.15) is 10.1 Å². The molecule has 6 rings (SSSR count). The summed E-state index contributed by atoms with van der Waals surface area (Å²) in [5.41, 5.74) is 7.21. The molecule has 2 aliphatic rings. The van der Waals surface area contributed by atoms with Crippen molar-refractivity contribution in [2.75, 3.05) is 0 Å². The molecule has 0 spiro atoms. The molecule has 1 fully saturated rings. The Bertz CT molecular complexity index is 1750. The molecular weight excluding hydrogens is 584 g/mol. The molecule has 1 aliphatic heterocycles. The van der Waals surface area contributed by atoms with Crippen LogP contribution < -0.4 is 11.0 Å². The number of aryl methyl sites for hydroxylation is 1. The van der Waals surface area contributed by atoms with E-state index in [-0.39, 0.29) is 23.8 Å². The van der Waals surface area contributed by atoms with Crippen molar-refractivity contribution in [3.63, 3.8) is 0 Å². The van der Waals surface area contributed by atoms with Gasteiger partial charge in [0, 0.05) is 23.6 Å². The lowest BCUT2D eigenvalue weighted by atomic mass is 9.91. The number of nitrogens with one attached hydrogen (secondary N) is 1. The quantitative estimate of drug-likeness (QED) is 0.217. The topological polar surface area (TPSA) is 136 Å². The molecular formula is C35H44N6O5. The molecule has 1 aliphatic carbocycles. The summed E-state index contributed by atoms with van der Waals surface area (Å²) >= 11 is 0. The molecule has 0 radical (unpaired) electrons. The van der Waals surface area contributed by atoms with Crippen molar-refractivity contribution >= 4 is 11.6 Å². The van der Waals surface area contributed by atoms with Crippen molar-refractivity contribution in [3.8, 4) is 11.1 Å². The Morgan fingerprint density at radius 1 is 1.07 bits per heavy atom. The largest absolute Gasteiger partial charge is 0.388 e. The minimum Gasteiger partial charge on any atom is -0.388 e. The third kappa shape index (κ3) is 6.50. The highest BCUT2D eigenvalue weighted by atomic mass is 16.7. The minimum atomic E-state index is -1.23. The maximum atomic E-state index is 14.4. The zero-order chi connectivity index (χ0) is 32.4. The molecule has 2 atom stereocenters. The molecule has 46 heavy (non-hydrogen) atoms. The molecule has 0 bridgehead atoms. The van der Waals surface area contributed by atoms with Gasteiger partial charge in [-0.25, -0.2) is 19.8 Å². The van der Waals surface area contributed by atoms with Crippen LogP contribution in [-0.2, 0) is 22.4 Å². The molecule has 11 heteroatoms. The van der Waals surface area contributed by atoms with Gasteiger partial charge in [0.1, 0.15) is 6.33 Å². The van der Waals surface area contributed by atoms with Gasteiger partial charge >= 0.3 is 0 Å². The number of aliphatic imine (C=N–C) groups is 1. The summed E-state index contributed by atoms with van der Waals surface area (Å²) in [4.78, 5) is 28.1. The first-order valence-corrected chi connectivity index (χ1v) is 16.4. The van der Waals surface area contributed by atoms with Crippen molar-refractivity contribution in [3.05, 3.63) is 87.6 Å². The zero-order valence-electron chi connectivity index (χ0n) is 27.0. The highest BCUT2D eigenvalue weighted by Gasteiger charge is 2.33. The molecule has 1 saturated carbocycles. The third-order valence-electron chi connectivity index (χ3n) is 9.17. The van der Waals surface area contributed by atoms with Crippen LogP contribution in [-0.4, -0.2) is 59.4 Å². The van der Waals surface area contributed by atoms with E-state index < -0.39 is 12.0 Å². The number of fused-ring (bicyclic) bond motifs is 1. The summed E-state index contributed by atoms with van der Waals surface area (Å²) in [6, 6.07) is 16.0. The molecule has 11 nitrogen and oxygen atoms in total. The normalized spacial score (nSPS) is 20.9. The van der Waals surface area contributed by atoms with Crippen LogP contribution in [0.15, 0.2) is 64.6 Å². The highest BCUT2D eigenvalue weighted by molar-refractivity contribution is 6.04. The lowest BCUT2D eigenvalue weighted by molar-refractivity contribution is -0.128. The van der Waals surface area contributed by atoms with Crippen LogP contribution in [0.2, 0.25) is 0 Å². The first kappa shape index (κ1) is 32.1. The number of benzene rings is 2. The third-order valence-corrected chi connectivity index (χ3v) is 9.17. The van der Waals surface area contributed by atoms with E-state index >= 15 is 0 Å². The SMILES string of the molecule is CCCc1c(Cc2ccc(-c3ccccc3C3=NC(O)ON3)cc2)c(=O)n(C2CCC(OC(CC)C(C)(C)O)CC2)c2ncnn12. The van der Waals surface area contributed by atoms with Crippen LogP contribution in [0.3, 0.4) is 0 Å². The smallest absolute Gasteiger partial charge is 0.280 e. The van der Waals surface area contributed by atoms with Crippen molar-refractivity contribution in [2.45, 2.75) is 109 Å². The Labute approximate surface area is 268 Å². The Balaban J connectivity index is 1.28. The molecule has 2 unspecified atom stereocenters. The second-order valence-corrected chi connectivity index (χ2v) is 12.9.